The maximum atomic E-state index is 6.46. The van der Waals surface area contributed by atoms with Crippen molar-refractivity contribution in [3.05, 3.63) is 11.7 Å². The molecule has 5 nitrogen and oxygen atoms in total. The maximum absolute atomic E-state index is 6.46. The summed E-state index contributed by atoms with van der Waals surface area (Å²) in [6.07, 6.45) is 5.33. The lowest BCUT2D eigenvalue weighted by molar-refractivity contribution is 0.00973. The van der Waals surface area contributed by atoms with Crippen molar-refractivity contribution < 1.29 is 9.26 Å². The molecule has 0 aliphatic heterocycles. The highest BCUT2D eigenvalue weighted by Crippen LogP contribution is 2.38. The summed E-state index contributed by atoms with van der Waals surface area (Å²) in [5.74, 6) is 1.91. The minimum Gasteiger partial charge on any atom is -0.371 e. The number of rotatable bonds is 4. The van der Waals surface area contributed by atoms with E-state index in [2.05, 4.69) is 17.1 Å². The third-order valence-corrected chi connectivity index (χ3v) is 4.48. The Morgan fingerprint density at radius 3 is 2.58 bits per heavy atom. The van der Waals surface area contributed by atoms with Gasteiger partial charge in [-0.1, -0.05) is 18.5 Å². The van der Waals surface area contributed by atoms with Crippen molar-refractivity contribution in [1.29, 1.82) is 0 Å². The standard InChI is InChI=1S/C14H25N3O2/c1-5-10-6-8-14(15,9-7-10)12-16-11(17-19-12)13(2,3)18-4/h10H,5-9,15H2,1-4H3. The Morgan fingerprint density at radius 2 is 2.05 bits per heavy atom. The normalized spacial score (nSPS) is 28.6. The van der Waals surface area contributed by atoms with Gasteiger partial charge < -0.3 is 15.0 Å². The van der Waals surface area contributed by atoms with Gasteiger partial charge in [-0.25, -0.2) is 0 Å². The molecule has 0 unspecified atom stereocenters. The molecule has 1 saturated carbocycles. The van der Waals surface area contributed by atoms with Crippen LogP contribution < -0.4 is 5.73 Å². The fraction of sp³-hybridized carbons (Fsp3) is 0.857. The first-order chi connectivity index (χ1) is 8.91. The minimum absolute atomic E-state index is 0.458. The summed E-state index contributed by atoms with van der Waals surface area (Å²) in [7, 11) is 1.64. The number of nitrogens with zero attached hydrogens (tertiary/aromatic N) is 2. The molecule has 108 valence electrons. The number of ether oxygens (including phenoxy) is 1. The number of methoxy groups -OCH3 is 1. The molecule has 2 rings (SSSR count). The molecule has 0 aromatic carbocycles. The Labute approximate surface area is 114 Å². The molecule has 0 saturated heterocycles. The van der Waals surface area contributed by atoms with E-state index in [0.29, 0.717) is 11.7 Å². The van der Waals surface area contributed by atoms with Crippen LogP contribution >= 0.6 is 0 Å². The molecule has 0 spiro atoms. The van der Waals surface area contributed by atoms with Crippen molar-refractivity contribution in [2.24, 2.45) is 11.7 Å². The smallest absolute Gasteiger partial charge is 0.246 e. The van der Waals surface area contributed by atoms with Gasteiger partial charge in [-0.3, -0.25) is 0 Å². The Kier molecular flexibility index (Phi) is 3.97. The SMILES string of the molecule is CCC1CCC(N)(c2nc(C(C)(C)OC)no2)CC1. The van der Waals surface area contributed by atoms with Gasteiger partial charge in [0.05, 0.1) is 5.54 Å². The van der Waals surface area contributed by atoms with Gasteiger partial charge in [0.2, 0.25) is 11.7 Å². The van der Waals surface area contributed by atoms with Crippen LogP contribution in [0.4, 0.5) is 0 Å². The largest absolute Gasteiger partial charge is 0.371 e. The molecule has 0 atom stereocenters. The van der Waals surface area contributed by atoms with Crippen molar-refractivity contribution in [2.75, 3.05) is 7.11 Å². The zero-order valence-electron chi connectivity index (χ0n) is 12.4. The number of nitrogens with two attached hydrogens (primary N) is 1. The quantitative estimate of drug-likeness (QED) is 0.907. The van der Waals surface area contributed by atoms with E-state index in [-0.39, 0.29) is 0 Å². The molecule has 1 aromatic heterocycles. The first kappa shape index (κ1) is 14.5. The van der Waals surface area contributed by atoms with Crippen LogP contribution in [-0.2, 0) is 15.9 Å². The molecule has 2 N–H and O–H groups in total. The number of aromatic nitrogens is 2. The van der Waals surface area contributed by atoms with Crippen molar-refractivity contribution in [3.63, 3.8) is 0 Å². The van der Waals surface area contributed by atoms with Gasteiger partial charge in [0, 0.05) is 7.11 Å². The van der Waals surface area contributed by atoms with E-state index in [1.54, 1.807) is 7.11 Å². The van der Waals surface area contributed by atoms with Gasteiger partial charge in [0.25, 0.3) is 0 Å². The third kappa shape index (κ3) is 2.82. The summed E-state index contributed by atoms with van der Waals surface area (Å²) in [6.45, 7) is 6.07. The van der Waals surface area contributed by atoms with Crippen LogP contribution in [0.25, 0.3) is 0 Å². The first-order valence-electron chi connectivity index (χ1n) is 7.10. The molecule has 1 fully saturated rings. The number of hydrogen-bond donors (Lipinski definition) is 1. The van der Waals surface area contributed by atoms with E-state index < -0.39 is 11.1 Å². The van der Waals surface area contributed by atoms with Gasteiger partial charge in [-0.05, 0) is 45.4 Å². The highest BCUT2D eigenvalue weighted by atomic mass is 16.5. The monoisotopic (exact) mass is 267 g/mol. The van der Waals surface area contributed by atoms with Crippen LogP contribution in [0.15, 0.2) is 4.52 Å². The van der Waals surface area contributed by atoms with Crippen LogP contribution in [0.2, 0.25) is 0 Å². The lowest BCUT2D eigenvalue weighted by atomic mass is 9.76. The van der Waals surface area contributed by atoms with Crippen LogP contribution in [0.1, 0.15) is 64.6 Å². The fourth-order valence-electron chi connectivity index (χ4n) is 2.58. The van der Waals surface area contributed by atoms with Gasteiger partial charge >= 0.3 is 0 Å². The van der Waals surface area contributed by atoms with Crippen molar-refractivity contribution in [1.82, 2.24) is 10.1 Å². The van der Waals surface area contributed by atoms with E-state index in [9.17, 15) is 0 Å². The summed E-state index contributed by atoms with van der Waals surface area (Å²) in [5.41, 5.74) is 5.46. The molecule has 5 heteroatoms. The first-order valence-corrected chi connectivity index (χ1v) is 7.10. The van der Waals surface area contributed by atoms with Crippen LogP contribution in [-0.4, -0.2) is 17.3 Å². The second-order valence-electron chi connectivity index (χ2n) is 6.15. The van der Waals surface area contributed by atoms with Crippen molar-refractivity contribution >= 4 is 0 Å². The lowest BCUT2D eigenvalue weighted by Crippen LogP contribution is -2.41. The van der Waals surface area contributed by atoms with E-state index >= 15 is 0 Å². The van der Waals surface area contributed by atoms with Crippen LogP contribution in [0.3, 0.4) is 0 Å². The highest BCUT2D eigenvalue weighted by Gasteiger charge is 2.39. The molecule has 0 bridgehead atoms. The Bertz CT molecular complexity index is 420. The average molecular weight is 267 g/mol. The van der Waals surface area contributed by atoms with Gasteiger partial charge in [0.15, 0.2) is 0 Å². The second-order valence-corrected chi connectivity index (χ2v) is 6.15. The number of hydrogen-bond acceptors (Lipinski definition) is 5. The molecular weight excluding hydrogens is 242 g/mol. The summed E-state index contributed by atoms with van der Waals surface area (Å²) < 4.78 is 10.8. The minimum atomic E-state index is -0.543. The van der Waals surface area contributed by atoms with E-state index in [1.165, 1.54) is 6.42 Å². The second kappa shape index (κ2) is 5.21. The van der Waals surface area contributed by atoms with E-state index in [0.717, 1.165) is 31.6 Å². The molecule has 0 radical (unpaired) electrons. The summed E-state index contributed by atoms with van der Waals surface area (Å²) >= 11 is 0. The van der Waals surface area contributed by atoms with Crippen LogP contribution in [0, 0.1) is 5.92 Å². The molecule has 0 amide bonds. The molecular formula is C14H25N3O2. The fourth-order valence-corrected chi connectivity index (χ4v) is 2.58. The lowest BCUT2D eigenvalue weighted by Gasteiger charge is -2.33. The molecule has 19 heavy (non-hydrogen) atoms. The van der Waals surface area contributed by atoms with E-state index in [4.69, 9.17) is 15.0 Å². The molecule has 1 heterocycles. The zero-order valence-corrected chi connectivity index (χ0v) is 12.4. The Hall–Kier alpha value is -0.940. The summed E-state index contributed by atoms with van der Waals surface area (Å²) in [5, 5.41) is 4.03. The highest BCUT2D eigenvalue weighted by molar-refractivity contribution is 5.07. The van der Waals surface area contributed by atoms with Crippen molar-refractivity contribution in [3.8, 4) is 0 Å². The zero-order chi connectivity index (χ0) is 14.1. The molecule has 1 aliphatic carbocycles. The Morgan fingerprint density at radius 1 is 1.42 bits per heavy atom. The van der Waals surface area contributed by atoms with Gasteiger partial charge in [-0.15, -0.1) is 0 Å². The molecule has 1 aromatic rings. The Balaban J connectivity index is 2.14. The van der Waals surface area contributed by atoms with Gasteiger partial charge in [-0.2, -0.15) is 4.98 Å². The van der Waals surface area contributed by atoms with Crippen molar-refractivity contribution in [2.45, 2.75) is 64.0 Å². The predicted molar refractivity (Wildman–Crippen MR) is 72.4 cm³/mol. The van der Waals surface area contributed by atoms with Crippen LogP contribution in [0.5, 0.6) is 0 Å². The van der Waals surface area contributed by atoms with E-state index in [1.807, 2.05) is 13.8 Å². The maximum Gasteiger partial charge on any atom is 0.246 e. The average Bonchev–Trinajstić information content (AvgIpc) is 2.91. The van der Waals surface area contributed by atoms with Gasteiger partial charge in [0.1, 0.15) is 5.60 Å². The topological polar surface area (TPSA) is 74.2 Å². The summed E-state index contributed by atoms with van der Waals surface area (Å²) in [6, 6.07) is 0. The summed E-state index contributed by atoms with van der Waals surface area (Å²) in [4.78, 5) is 4.47. The third-order valence-electron chi connectivity index (χ3n) is 4.48. The predicted octanol–water partition coefficient (Wildman–Crippen LogP) is 2.71. The molecule has 1 aliphatic rings.